The first-order valence-corrected chi connectivity index (χ1v) is 8.09. The molecule has 0 bridgehead atoms. The molecule has 1 N–H and O–H groups in total. The molecule has 1 unspecified atom stereocenters. The Labute approximate surface area is 132 Å². The molecule has 0 spiro atoms. The summed E-state index contributed by atoms with van der Waals surface area (Å²) < 4.78 is 5.27. The molecule has 0 radical (unpaired) electrons. The molecule has 0 aromatic heterocycles. The highest BCUT2D eigenvalue weighted by Gasteiger charge is 2.15. The molecule has 0 aliphatic heterocycles. The first-order chi connectivity index (χ1) is 10.5. The number of unbranched alkanes of at least 4 members (excludes halogenated alkanes) is 5. The van der Waals surface area contributed by atoms with Crippen LogP contribution in [0.15, 0.2) is 24.3 Å². The summed E-state index contributed by atoms with van der Waals surface area (Å²) in [5.41, 5.74) is 0.180. The van der Waals surface area contributed by atoms with Crippen LogP contribution in [0.25, 0.3) is 0 Å². The summed E-state index contributed by atoms with van der Waals surface area (Å²) in [6.07, 6.45) is 8.05. The Morgan fingerprint density at radius 2 is 1.64 bits per heavy atom. The zero-order valence-electron chi connectivity index (χ0n) is 13.5. The van der Waals surface area contributed by atoms with E-state index in [0.29, 0.717) is 5.75 Å². The van der Waals surface area contributed by atoms with Crippen molar-refractivity contribution in [2.75, 3.05) is 0 Å². The van der Waals surface area contributed by atoms with Gasteiger partial charge < -0.3 is 9.84 Å². The summed E-state index contributed by atoms with van der Waals surface area (Å²) in [6.45, 7) is 4.07. The lowest BCUT2D eigenvalue weighted by Crippen LogP contribution is -2.17. The van der Waals surface area contributed by atoms with Crippen LogP contribution in [0, 0.1) is 5.92 Å². The van der Waals surface area contributed by atoms with E-state index < -0.39 is 5.97 Å². The fourth-order valence-corrected chi connectivity index (χ4v) is 2.23. The Bertz CT molecular complexity index is 464. The lowest BCUT2D eigenvalue weighted by Gasteiger charge is -2.11. The van der Waals surface area contributed by atoms with Crippen molar-refractivity contribution < 1.29 is 19.4 Å². The summed E-state index contributed by atoms with van der Waals surface area (Å²) in [7, 11) is 0. The van der Waals surface area contributed by atoms with Gasteiger partial charge in [-0.1, -0.05) is 52.4 Å². The SMILES string of the molecule is CCCCCCCCC(C)C(=O)Oc1ccc(C(=O)O)cc1. The average molecular weight is 306 g/mol. The molecule has 1 rings (SSSR count). The van der Waals surface area contributed by atoms with E-state index in [1.54, 1.807) is 0 Å². The van der Waals surface area contributed by atoms with E-state index in [1.807, 2.05) is 6.92 Å². The van der Waals surface area contributed by atoms with Crippen LogP contribution in [0.1, 0.15) is 69.2 Å². The first-order valence-electron chi connectivity index (χ1n) is 8.09. The first kappa shape index (κ1) is 18.2. The van der Waals surface area contributed by atoms with Crippen LogP contribution in [0.3, 0.4) is 0 Å². The molecular weight excluding hydrogens is 280 g/mol. The molecule has 0 saturated heterocycles. The highest BCUT2D eigenvalue weighted by atomic mass is 16.5. The van der Waals surface area contributed by atoms with Crippen LogP contribution >= 0.6 is 0 Å². The van der Waals surface area contributed by atoms with Crippen molar-refractivity contribution in [3.05, 3.63) is 29.8 Å². The number of carbonyl (C=O) groups is 2. The molecule has 1 aromatic rings. The number of aromatic carboxylic acids is 1. The maximum atomic E-state index is 12.0. The highest BCUT2D eigenvalue weighted by molar-refractivity contribution is 5.87. The second-order valence-electron chi connectivity index (χ2n) is 5.71. The van der Waals surface area contributed by atoms with Crippen LogP contribution in [-0.2, 0) is 4.79 Å². The number of benzene rings is 1. The third-order valence-electron chi connectivity index (χ3n) is 3.71. The van der Waals surface area contributed by atoms with Crippen LogP contribution in [0.2, 0.25) is 0 Å². The van der Waals surface area contributed by atoms with Gasteiger partial charge in [0.15, 0.2) is 0 Å². The molecule has 0 aliphatic rings. The maximum Gasteiger partial charge on any atom is 0.335 e. The van der Waals surface area contributed by atoms with E-state index >= 15 is 0 Å². The van der Waals surface area contributed by atoms with Crippen molar-refractivity contribution >= 4 is 11.9 Å². The van der Waals surface area contributed by atoms with E-state index in [-0.39, 0.29) is 17.5 Å². The summed E-state index contributed by atoms with van der Waals surface area (Å²) in [6, 6.07) is 5.89. The largest absolute Gasteiger partial charge is 0.478 e. The Morgan fingerprint density at radius 3 is 2.23 bits per heavy atom. The van der Waals surface area contributed by atoms with Crippen molar-refractivity contribution in [3.63, 3.8) is 0 Å². The second kappa shape index (κ2) is 9.98. The van der Waals surface area contributed by atoms with Gasteiger partial charge in [0.05, 0.1) is 11.5 Å². The van der Waals surface area contributed by atoms with Gasteiger partial charge in [0, 0.05) is 0 Å². The quantitative estimate of drug-likeness (QED) is 0.387. The zero-order chi connectivity index (χ0) is 16.4. The van der Waals surface area contributed by atoms with Gasteiger partial charge in [0.25, 0.3) is 0 Å². The van der Waals surface area contributed by atoms with Crippen molar-refractivity contribution in [2.24, 2.45) is 5.92 Å². The van der Waals surface area contributed by atoms with Crippen LogP contribution in [0.5, 0.6) is 5.75 Å². The topological polar surface area (TPSA) is 63.6 Å². The number of rotatable bonds is 10. The molecule has 0 aliphatic carbocycles. The predicted octanol–water partition coefficient (Wildman–Crippen LogP) is 4.68. The zero-order valence-corrected chi connectivity index (χ0v) is 13.5. The number of carbonyl (C=O) groups excluding carboxylic acids is 1. The van der Waals surface area contributed by atoms with E-state index in [2.05, 4.69) is 6.92 Å². The minimum Gasteiger partial charge on any atom is -0.478 e. The Kier molecular flexibility index (Phi) is 8.26. The number of hydrogen-bond donors (Lipinski definition) is 1. The monoisotopic (exact) mass is 306 g/mol. The fraction of sp³-hybridized carbons (Fsp3) is 0.556. The Balaban J connectivity index is 2.30. The molecule has 4 heteroatoms. The summed E-state index contributed by atoms with van der Waals surface area (Å²) >= 11 is 0. The molecule has 0 heterocycles. The summed E-state index contributed by atoms with van der Waals surface area (Å²) in [5.74, 6) is -0.985. The minimum atomic E-state index is -0.991. The second-order valence-corrected chi connectivity index (χ2v) is 5.71. The van der Waals surface area contributed by atoms with Gasteiger partial charge in [-0.05, 0) is 30.7 Å². The van der Waals surface area contributed by atoms with E-state index in [0.717, 1.165) is 19.3 Å². The molecule has 0 saturated carbocycles. The average Bonchev–Trinajstić information content (AvgIpc) is 2.51. The Morgan fingerprint density at radius 1 is 1.05 bits per heavy atom. The summed E-state index contributed by atoms with van der Waals surface area (Å²) in [4.78, 5) is 22.7. The third-order valence-corrected chi connectivity index (χ3v) is 3.71. The minimum absolute atomic E-state index is 0.134. The molecular formula is C18H26O4. The van der Waals surface area contributed by atoms with Crippen molar-refractivity contribution in [1.82, 2.24) is 0 Å². The number of esters is 1. The molecule has 122 valence electrons. The molecule has 1 aromatic carbocycles. The number of hydrogen-bond acceptors (Lipinski definition) is 3. The summed E-state index contributed by atoms with van der Waals surface area (Å²) in [5, 5.41) is 8.81. The van der Waals surface area contributed by atoms with Crippen molar-refractivity contribution in [3.8, 4) is 5.75 Å². The highest BCUT2D eigenvalue weighted by Crippen LogP contribution is 2.17. The van der Waals surface area contributed by atoms with Crippen LogP contribution < -0.4 is 4.74 Å². The van der Waals surface area contributed by atoms with Gasteiger partial charge in [0.2, 0.25) is 0 Å². The van der Waals surface area contributed by atoms with E-state index in [1.165, 1.54) is 49.9 Å². The number of carboxylic acids is 1. The van der Waals surface area contributed by atoms with E-state index in [4.69, 9.17) is 9.84 Å². The molecule has 4 nitrogen and oxygen atoms in total. The fourth-order valence-electron chi connectivity index (χ4n) is 2.23. The normalized spacial score (nSPS) is 11.9. The van der Waals surface area contributed by atoms with Crippen molar-refractivity contribution in [2.45, 2.75) is 58.8 Å². The number of ether oxygens (including phenoxy) is 1. The maximum absolute atomic E-state index is 12.0. The molecule has 1 atom stereocenters. The van der Waals surface area contributed by atoms with Crippen LogP contribution in [0.4, 0.5) is 0 Å². The predicted molar refractivity (Wildman–Crippen MR) is 86.2 cm³/mol. The van der Waals surface area contributed by atoms with Gasteiger partial charge in [-0.15, -0.1) is 0 Å². The lowest BCUT2D eigenvalue weighted by molar-refractivity contribution is -0.138. The standard InChI is InChI=1S/C18H26O4/c1-3-4-5-6-7-8-9-14(2)18(21)22-16-12-10-15(11-13-16)17(19)20/h10-14H,3-9H2,1-2H3,(H,19,20). The van der Waals surface area contributed by atoms with Gasteiger partial charge in [-0.2, -0.15) is 0 Å². The Hall–Kier alpha value is -1.84. The van der Waals surface area contributed by atoms with Gasteiger partial charge in [0.1, 0.15) is 5.75 Å². The van der Waals surface area contributed by atoms with Gasteiger partial charge in [-0.3, -0.25) is 4.79 Å². The van der Waals surface area contributed by atoms with Gasteiger partial charge >= 0.3 is 11.9 Å². The van der Waals surface area contributed by atoms with E-state index in [9.17, 15) is 9.59 Å². The van der Waals surface area contributed by atoms with Gasteiger partial charge in [-0.25, -0.2) is 4.79 Å². The third kappa shape index (κ3) is 6.74. The van der Waals surface area contributed by atoms with Crippen LogP contribution in [-0.4, -0.2) is 17.0 Å². The molecule has 22 heavy (non-hydrogen) atoms. The smallest absolute Gasteiger partial charge is 0.335 e. The molecule has 0 fully saturated rings. The number of carboxylic acid groups (broad SMARTS) is 1. The molecule has 0 amide bonds. The van der Waals surface area contributed by atoms with Crippen molar-refractivity contribution in [1.29, 1.82) is 0 Å². The lowest BCUT2D eigenvalue weighted by atomic mass is 10.0.